The fraction of sp³-hybridized carbons (Fsp3) is 0.286. The summed E-state index contributed by atoms with van der Waals surface area (Å²) in [5.41, 5.74) is 0.986. The minimum Gasteiger partial charge on any atom is -0.496 e. The predicted octanol–water partition coefficient (Wildman–Crippen LogP) is 3.04. The molecule has 1 aromatic heterocycles. The third-order valence-electron chi connectivity index (χ3n) is 2.61. The van der Waals surface area contributed by atoms with E-state index in [2.05, 4.69) is 10.3 Å². The number of benzene rings is 1. The highest BCUT2D eigenvalue weighted by Crippen LogP contribution is 2.31. The van der Waals surface area contributed by atoms with Gasteiger partial charge in [0.05, 0.1) is 12.7 Å². The van der Waals surface area contributed by atoms with E-state index < -0.39 is 0 Å². The molecule has 5 nitrogen and oxygen atoms in total. The number of hydrogen-bond acceptors (Lipinski definition) is 5. The number of hydrogen-bond donors (Lipinski definition) is 1. The molecule has 0 saturated heterocycles. The summed E-state index contributed by atoms with van der Waals surface area (Å²) in [4.78, 5) is 4.19. The summed E-state index contributed by atoms with van der Waals surface area (Å²) < 4.78 is 10.9. The van der Waals surface area contributed by atoms with E-state index in [4.69, 9.17) is 14.4 Å². The van der Waals surface area contributed by atoms with Gasteiger partial charge in [-0.05, 0) is 18.6 Å². The number of oxazole rings is 1. The topological polar surface area (TPSA) is 71.1 Å². The van der Waals surface area contributed by atoms with Crippen molar-refractivity contribution in [3.63, 3.8) is 0 Å². The van der Waals surface area contributed by atoms with E-state index in [1.54, 1.807) is 7.11 Å². The molecule has 1 aromatic carbocycles. The Labute approximate surface area is 111 Å². The maximum absolute atomic E-state index is 9.06. The molecular formula is C14H15N3O2. The second-order valence-electron chi connectivity index (χ2n) is 3.94. The molecule has 1 N–H and O–H groups in total. The van der Waals surface area contributed by atoms with Crippen LogP contribution < -0.4 is 10.1 Å². The van der Waals surface area contributed by atoms with Gasteiger partial charge in [-0.15, -0.1) is 0 Å². The molecule has 2 rings (SSSR count). The van der Waals surface area contributed by atoms with Gasteiger partial charge in [0.25, 0.3) is 0 Å². The Morgan fingerprint density at radius 2 is 2.21 bits per heavy atom. The molecule has 1 heterocycles. The van der Waals surface area contributed by atoms with Gasteiger partial charge in [0.1, 0.15) is 11.8 Å². The number of ether oxygens (including phenoxy) is 1. The largest absolute Gasteiger partial charge is 0.496 e. The molecule has 0 aliphatic carbocycles. The number of rotatable bonds is 5. The first-order valence-electron chi connectivity index (χ1n) is 6.08. The van der Waals surface area contributed by atoms with Gasteiger partial charge in [-0.3, -0.25) is 0 Å². The average Bonchev–Trinajstić information content (AvgIpc) is 2.88. The van der Waals surface area contributed by atoms with Gasteiger partial charge in [-0.25, -0.2) is 0 Å². The summed E-state index contributed by atoms with van der Waals surface area (Å²) in [5, 5.41) is 12.1. The number of aromatic nitrogens is 1. The zero-order valence-electron chi connectivity index (χ0n) is 10.9. The van der Waals surface area contributed by atoms with Crippen LogP contribution in [0, 0.1) is 11.3 Å². The number of methoxy groups -OCH3 is 1. The Morgan fingerprint density at radius 1 is 1.42 bits per heavy atom. The molecule has 0 spiro atoms. The van der Waals surface area contributed by atoms with Gasteiger partial charge >= 0.3 is 0 Å². The van der Waals surface area contributed by atoms with Crippen LogP contribution in [0.25, 0.3) is 11.5 Å². The molecule has 0 aliphatic heterocycles. The maximum Gasteiger partial charge on any atom is 0.233 e. The van der Waals surface area contributed by atoms with Crippen molar-refractivity contribution in [2.24, 2.45) is 0 Å². The highest BCUT2D eigenvalue weighted by molar-refractivity contribution is 5.65. The van der Waals surface area contributed by atoms with E-state index in [-0.39, 0.29) is 5.69 Å². The van der Waals surface area contributed by atoms with E-state index >= 15 is 0 Å². The van der Waals surface area contributed by atoms with Crippen LogP contribution in [0.2, 0.25) is 0 Å². The Kier molecular flexibility index (Phi) is 4.04. The lowest BCUT2D eigenvalue weighted by atomic mass is 10.2. The Hall–Kier alpha value is -2.48. The highest BCUT2D eigenvalue weighted by Gasteiger charge is 2.16. The van der Waals surface area contributed by atoms with Crippen molar-refractivity contribution in [3.8, 4) is 23.3 Å². The smallest absolute Gasteiger partial charge is 0.233 e. The van der Waals surface area contributed by atoms with Crippen molar-refractivity contribution in [2.45, 2.75) is 13.3 Å². The quantitative estimate of drug-likeness (QED) is 0.891. The monoisotopic (exact) mass is 257 g/mol. The van der Waals surface area contributed by atoms with Crippen LogP contribution in [0.5, 0.6) is 5.75 Å². The van der Waals surface area contributed by atoms with Crippen LogP contribution >= 0.6 is 0 Å². The van der Waals surface area contributed by atoms with Gasteiger partial charge in [-0.1, -0.05) is 19.1 Å². The third kappa shape index (κ3) is 2.68. The molecule has 0 atom stereocenters. The standard InChI is InChI=1S/C14H15N3O2/c1-3-8-16-14-11(9-15)17-13(19-14)10-6-4-5-7-12(10)18-2/h4-7,16H,3,8H2,1-2H3. The molecule has 2 aromatic rings. The normalized spacial score (nSPS) is 9.95. The van der Waals surface area contributed by atoms with Crippen LogP contribution in [0.4, 0.5) is 5.88 Å². The van der Waals surface area contributed by atoms with Gasteiger partial charge in [-0.2, -0.15) is 10.2 Å². The lowest BCUT2D eigenvalue weighted by molar-refractivity contribution is 0.414. The van der Waals surface area contributed by atoms with Crippen LogP contribution in [0.3, 0.4) is 0 Å². The summed E-state index contributed by atoms with van der Waals surface area (Å²) in [6.45, 7) is 2.77. The third-order valence-corrected chi connectivity index (χ3v) is 2.61. The van der Waals surface area contributed by atoms with Crippen LogP contribution in [0.1, 0.15) is 19.0 Å². The maximum atomic E-state index is 9.06. The first kappa shape index (κ1) is 13.0. The molecule has 19 heavy (non-hydrogen) atoms. The molecule has 0 fully saturated rings. The number of nitrogens with zero attached hydrogens (tertiary/aromatic N) is 2. The first-order valence-corrected chi connectivity index (χ1v) is 6.08. The molecule has 5 heteroatoms. The molecule has 0 amide bonds. The van der Waals surface area contributed by atoms with Crippen molar-refractivity contribution in [3.05, 3.63) is 30.0 Å². The van der Waals surface area contributed by atoms with E-state index in [9.17, 15) is 0 Å². The molecule has 0 bridgehead atoms. The van der Waals surface area contributed by atoms with Gasteiger partial charge in [0, 0.05) is 6.54 Å². The fourth-order valence-electron chi connectivity index (χ4n) is 1.69. The molecule has 0 radical (unpaired) electrons. The van der Waals surface area contributed by atoms with Crippen molar-refractivity contribution in [1.82, 2.24) is 4.98 Å². The molecular weight excluding hydrogens is 242 g/mol. The Bertz CT molecular complexity index is 599. The van der Waals surface area contributed by atoms with E-state index in [1.807, 2.05) is 37.3 Å². The lowest BCUT2D eigenvalue weighted by Crippen LogP contribution is -1.99. The number of para-hydroxylation sites is 1. The van der Waals surface area contributed by atoms with Crippen molar-refractivity contribution >= 4 is 5.88 Å². The van der Waals surface area contributed by atoms with Crippen LogP contribution in [0.15, 0.2) is 28.7 Å². The highest BCUT2D eigenvalue weighted by atomic mass is 16.5. The number of nitrogens with one attached hydrogen (secondary N) is 1. The molecule has 0 saturated carbocycles. The number of anilines is 1. The van der Waals surface area contributed by atoms with E-state index in [0.29, 0.717) is 17.5 Å². The molecule has 98 valence electrons. The van der Waals surface area contributed by atoms with E-state index in [1.165, 1.54) is 0 Å². The van der Waals surface area contributed by atoms with Gasteiger partial charge in [0.15, 0.2) is 0 Å². The zero-order valence-corrected chi connectivity index (χ0v) is 10.9. The second kappa shape index (κ2) is 5.91. The zero-order chi connectivity index (χ0) is 13.7. The summed E-state index contributed by atoms with van der Waals surface area (Å²) in [5.74, 6) is 1.45. The SMILES string of the molecule is CCCNc1oc(-c2ccccc2OC)nc1C#N. The van der Waals surface area contributed by atoms with Crippen LogP contribution in [-0.2, 0) is 0 Å². The molecule has 0 aliphatic rings. The summed E-state index contributed by atoms with van der Waals surface area (Å²) in [7, 11) is 1.59. The fourth-order valence-corrected chi connectivity index (χ4v) is 1.69. The Morgan fingerprint density at radius 3 is 2.89 bits per heavy atom. The summed E-state index contributed by atoms with van der Waals surface area (Å²) in [6.07, 6.45) is 0.940. The Balaban J connectivity index is 2.40. The van der Waals surface area contributed by atoms with Crippen molar-refractivity contribution < 1.29 is 9.15 Å². The lowest BCUT2D eigenvalue weighted by Gasteiger charge is -2.04. The predicted molar refractivity (Wildman–Crippen MR) is 72.0 cm³/mol. The minimum atomic E-state index is 0.259. The summed E-state index contributed by atoms with van der Waals surface area (Å²) in [6, 6.07) is 9.43. The average molecular weight is 257 g/mol. The van der Waals surface area contributed by atoms with Crippen LogP contribution in [-0.4, -0.2) is 18.6 Å². The molecule has 0 unspecified atom stereocenters. The number of nitriles is 1. The van der Waals surface area contributed by atoms with Gasteiger partial charge in [0.2, 0.25) is 17.5 Å². The van der Waals surface area contributed by atoms with E-state index in [0.717, 1.165) is 18.5 Å². The van der Waals surface area contributed by atoms with Crippen molar-refractivity contribution in [1.29, 1.82) is 5.26 Å². The van der Waals surface area contributed by atoms with Crippen molar-refractivity contribution in [2.75, 3.05) is 19.0 Å². The second-order valence-corrected chi connectivity index (χ2v) is 3.94. The van der Waals surface area contributed by atoms with Gasteiger partial charge < -0.3 is 14.5 Å². The minimum absolute atomic E-state index is 0.259. The summed E-state index contributed by atoms with van der Waals surface area (Å²) >= 11 is 0. The first-order chi connectivity index (χ1) is 9.30.